The van der Waals surface area contributed by atoms with Crippen molar-refractivity contribution < 1.29 is 23.1 Å². The van der Waals surface area contributed by atoms with E-state index in [1.165, 1.54) is 23.7 Å². The van der Waals surface area contributed by atoms with Gasteiger partial charge in [-0.15, -0.1) is 11.3 Å². The van der Waals surface area contributed by atoms with Gasteiger partial charge in [-0.3, -0.25) is 14.3 Å². The fourth-order valence-electron chi connectivity index (χ4n) is 2.86. The maximum Gasteiger partial charge on any atom is 0.341 e. The monoisotopic (exact) mass is 414 g/mol. The first-order valence-electron chi connectivity index (χ1n) is 8.86. The molecule has 0 atom stereocenters. The molecule has 0 bridgehead atoms. The number of amides is 1. The number of carbonyl (C=O) groups excluding carboxylic acids is 2. The summed E-state index contributed by atoms with van der Waals surface area (Å²) < 4.78 is 31.7. The van der Waals surface area contributed by atoms with Gasteiger partial charge in [0.1, 0.15) is 10.8 Å². The average molecular weight is 414 g/mol. The number of esters is 1. The van der Waals surface area contributed by atoms with Gasteiger partial charge in [-0.1, -0.05) is 6.92 Å². The number of imidazole rings is 1. The van der Waals surface area contributed by atoms with E-state index in [0.717, 1.165) is 15.0 Å². The van der Waals surface area contributed by atoms with Crippen molar-refractivity contribution in [3.05, 3.63) is 34.2 Å². The molecule has 2 aromatic heterocycles. The normalized spacial score (nSPS) is 11.3. The molecule has 7 nitrogen and oxygen atoms in total. The molecule has 2 rings (SSSR count). The van der Waals surface area contributed by atoms with E-state index < -0.39 is 12.5 Å². The first-order chi connectivity index (χ1) is 13.3. The molecule has 10 heteroatoms. The fourth-order valence-corrected chi connectivity index (χ4v) is 4.01. The second-order valence-corrected chi connectivity index (χ2v) is 7.39. The number of hydrogen-bond acceptors (Lipinski definition) is 6. The van der Waals surface area contributed by atoms with E-state index in [1.807, 2.05) is 13.8 Å². The number of rotatable bonds is 9. The van der Waals surface area contributed by atoms with Gasteiger partial charge in [0.2, 0.25) is 5.91 Å². The SMILES string of the molecule is CCOC(=O)c1c(NC(=O)CN(C)Cc2nccn2C(F)F)sc(C)c1CC. The largest absolute Gasteiger partial charge is 0.462 e. The summed E-state index contributed by atoms with van der Waals surface area (Å²) in [5.41, 5.74) is 1.24. The summed E-state index contributed by atoms with van der Waals surface area (Å²) in [6, 6.07) is 0. The van der Waals surface area contributed by atoms with E-state index >= 15 is 0 Å². The number of likely N-dealkylation sites (N-methyl/N-ethyl adjacent to an activating group) is 1. The summed E-state index contributed by atoms with van der Waals surface area (Å²) >= 11 is 1.32. The average Bonchev–Trinajstić information content (AvgIpc) is 3.18. The minimum Gasteiger partial charge on any atom is -0.462 e. The third-order valence-electron chi connectivity index (χ3n) is 4.08. The van der Waals surface area contributed by atoms with Crippen LogP contribution in [0.3, 0.4) is 0 Å². The van der Waals surface area contributed by atoms with Crippen LogP contribution in [0.2, 0.25) is 0 Å². The number of aromatic nitrogens is 2. The van der Waals surface area contributed by atoms with Crippen molar-refractivity contribution in [1.82, 2.24) is 14.5 Å². The van der Waals surface area contributed by atoms with Crippen molar-refractivity contribution in [3.63, 3.8) is 0 Å². The fraction of sp³-hybridized carbons (Fsp3) is 0.500. The Hall–Kier alpha value is -2.33. The van der Waals surface area contributed by atoms with Gasteiger partial charge in [-0.25, -0.2) is 9.78 Å². The van der Waals surface area contributed by atoms with Crippen LogP contribution in [0.25, 0.3) is 0 Å². The van der Waals surface area contributed by atoms with Crippen molar-refractivity contribution >= 4 is 28.2 Å². The predicted molar refractivity (Wildman–Crippen MR) is 103 cm³/mol. The molecule has 0 saturated carbocycles. The molecule has 0 aromatic carbocycles. The van der Waals surface area contributed by atoms with Gasteiger partial charge in [0, 0.05) is 17.3 Å². The Morgan fingerprint density at radius 3 is 2.71 bits per heavy atom. The Bertz CT molecular complexity index is 835. The second kappa shape index (κ2) is 9.74. The molecule has 0 spiro atoms. The van der Waals surface area contributed by atoms with Gasteiger partial charge in [-0.2, -0.15) is 8.78 Å². The van der Waals surface area contributed by atoms with E-state index in [1.54, 1.807) is 18.9 Å². The van der Waals surface area contributed by atoms with Gasteiger partial charge < -0.3 is 10.1 Å². The molecule has 1 amide bonds. The third kappa shape index (κ3) is 5.14. The number of anilines is 1. The van der Waals surface area contributed by atoms with Crippen LogP contribution < -0.4 is 5.32 Å². The van der Waals surface area contributed by atoms with Crippen molar-refractivity contribution in [2.24, 2.45) is 0 Å². The van der Waals surface area contributed by atoms with Gasteiger partial charge in [0.05, 0.1) is 25.3 Å². The molecule has 0 aliphatic carbocycles. The minimum atomic E-state index is -2.69. The molecule has 0 aliphatic rings. The number of hydrogen-bond donors (Lipinski definition) is 1. The summed E-state index contributed by atoms with van der Waals surface area (Å²) in [4.78, 5) is 31.2. The van der Waals surface area contributed by atoms with E-state index in [9.17, 15) is 18.4 Å². The molecule has 2 heterocycles. The van der Waals surface area contributed by atoms with Crippen LogP contribution in [0.15, 0.2) is 12.4 Å². The highest BCUT2D eigenvalue weighted by Gasteiger charge is 2.24. The number of thiophene rings is 1. The molecular weight excluding hydrogens is 390 g/mol. The zero-order valence-electron chi connectivity index (χ0n) is 16.3. The van der Waals surface area contributed by atoms with Crippen LogP contribution in [0, 0.1) is 6.92 Å². The molecule has 28 heavy (non-hydrogen) atoms. The van der Waals surface area contributed by atoms with Crippen LogP contribution in [-0.4, -0.2) is 46.5 Å². The molecule has 0 aliphatic heterocycles. The lowest BCUT2D eigenvalue weighted by molar-refractivity contribution is -0.117. The number of aryl methyl sites for hydroxylation is 1. The molecule has 0 saturated heterocycles. The number of alkyl halides is 2. The Morgan fingerprint density at radius 2 is 2.11 bits per heavy atom. The number of nitrogens with zero attached hydrogens (tertiary/aromatic N) is 3. The van der Waals surface area contributed by atoms with Crippen molar-refractivity contribution in [2.75, 3.05) is 25.5 Å². The number of ether oxygens (including phenoxy) is 1. The highest BCUT2D eigenvalue weighted by Crippen LogP contribution is 2.34. The zero-order valence-corrected chi connectivity index (χ0v) is 17.1. The third-order valence-corrected chi connectivity index (χ3v) is 5.14. The van der Waals surface area contributed by atoms with Crippen molar-refractivity contribution in [2.45, 2.75) is 40.3 Å². The standard InChI is InChI=1S/C18H24F2N4O3S/c1-5-12-11(3)28-16(15(12)17(26)27-6-2)22-14(25)10-23(4)9-13-21-7-8-24(13)18(19)20/h7-8,18H,5-6,9-10H2,1-4H3,(H,22,25). The summed E-state index contributed by atoms with van der Waals surface area (Å²) in [6.45, 7) is 3.13. The van der Waals surface area contributed by atoms with E-state index in [4.69, 9.17) is 4.74 Å². The topological polar surface area (TPSA) is 76.5 Å². The summed E-state index contributed by atoms with van der Waals surface area (Å²) in [6.07, 6.45) is 3.13. The lowest BCUT2D eigenvalue weighted by atomic mass is 10.1. The zero-order chi connectivity index (χ0) is 20.8. The van der Waals surface area contributed by atoms with E-state index in [-0.39, 0.29) is 31.4 Å². The maximum absolute atomic E-state index is 12.9. The van der Waals surface area contributed by atoms with Gasteiger partial charge in [0.15, 0.2) is 0 Å². The molecule has 0 fully saturated rings. The Kier molecular flexibility index (Phi) is 7.64. The quantitative estimate of drug-likeness (QED) is 0.636. The lowest BCUT2D eigenvalue weighted by Gasteiger charge is -2.16. The van der Waals surface area contributed by atoms with Crippen LogP contribution in [0.4, 0.5) is 13.8 Å². The highest BCUT2D eigenvalue weighted by molar-refractivity contribution is 7.16. The minimum absolute atomic E-state index is 0.0449. The number of nitrogens with one attached hydrogen (secondary N) is 1. The van der Waals surface area contributed by atoms with Gasteiger partial charge in [0.25, 0.3) is 0 Å². The second-order valence-electron chi connectivity index (χ2n) is 6.16. The van der Waals surface area contributed by atoms with Gasteiger partial charge >= 0.3 is 12.5 Å². The van der Waals surface area contributed by atoms with E-state index in [2.05, 4.69) is 10.3 Å². The number of halogens is 2. The molecule has 2 aromatic rings. The van der Waals surface area contributed by atoms with Crippen molar-refractivity contribution in [1.29, 1.82) is 0 Å². The first kappa shape index (κ1) is 22.0. The van der Waals surface area contributed by atoms with Crippen LogP contribution >= 0.6 is 11.3 Å². The Labute approximate surface area is 166 Å². The van der Waals surface area contributed by atoms with Gasteiger partial charge in [-0.05, 0) is 32.9 Å². The van der Waals surface area contributed by atoms with Crippen molar-refractivity contribution in [3.8, 4) is 0 Å². The number of carbonyl (C=O) groups is 2. The van der Waals surface area contributed by atoms with Crippen LogP contribution in [0.5, 0.6) is 0 Å². The first-order valence-corrected chi connectivity index (χ1v) is 9.67. The molecule has 0 radical (unpaired) electrons. The summed E-state index contributed by atoms with van der Waals surface area (Å²) in [5.74, 6) is -0.656. The Balaban J connectivity index is 2.08. The molecule has 154 valence electrons. The van der Waals surface area contributed by atoms with E-state index in [0.29, 0.717) is 17.0 Å². The van der Waals surface area contributed by atoms with Crippen LogP contribution in [0.1, 0.15) is 47.0 Å². The van der Waals surface area contributed by atoms with Crippen LogP contribution in [-0.2, 0) is 22.5 Å². The summed E-state index contributed by atoms with van der Waals surface area (Å²) in [5, 5.41) is 3.20. The highest BCUT2D eigenvalue weighted by atomic mass is 32.1. The molecule has 1 N–H and O–H groups in total. The Morgan fingerprint density at radius 1 is 1.39 bits per heavy atom. The summed E-state index contributed by atoms with van der Waals surface area (Å²) in [7, 11) is 1.63. The maximum atomic E-state index is 12.9. The predicted octanol–water partition coefficient (Wildman–Crippen LogP) is 3.46. The molecular formula is C18H24F2N4O3S. The lowest BCUT2D eigenvalue weighted by Crippen LogP contribution is -2.31. The molecule has 0 unspecified atom stereocenters. The smallest absolute Gasteiger partial charge is 0.341 e.